The molecule has 3 aromatic carbocycles. The summed E-state index contributed by atoms with van der Waals surface area (Å²) in [6.07, 6.45) is 5.08. The molecule has 2 aliphatic carbocycles. The van der Waals surface area contributed by atoms with Gasteiger partial charge >= 0.3 is 0 Å². The van der Waals surface area contributed by atoms with E-state index < -0.39 is 40.1 Å². The molecule has 2 aliphatic rings. The van der Waals surface area contributed by atoms with Crippen LogP contribution in [0.3, 0.4) is 0 Å². The molecule has 0 bridgehead atoms. The van der Waals surface area contributed by atoms with E-state index >= 15 is 0 Å². The first-order valence-electron chi connectivity index (χ1n) is 12.9. The third-order valence-corrected chi connectivity index (χ3v) is 8.12. The van der Waals surface area contributed by atoms with Gasteiger partial charge in [0.25, 0.3) is 5.56 Å². The lowest BCUT2D eigenvalue weighted by molar-refractivity contribution is 0.0971. The van der Waals surface area contributed by atoms with Gasteiger partial charge in [-0.2, -0.15) is 9.78 Å². The number of nitrogens with zero attached hydrogens (tertiary/aromatic N) is 3. The van der Waals surface area contributed by atoms with Crippen LogP contribution in [-0.4, -0.2) is 53.9 Å². The Labute approximate surface area is 236 Å². The van der Waals surface area contributed by atoms with E-state index in [1.54, 1.807) is 18.2 Å². The van der Waals surface area contributed by atoms with Crippen molar-refractivity contribution in [2.24, 2.45) is 0 Å². The van der Waals surface area contributed by atoms with E-state index in [2.05, 4.69) is 10.1 Å². The molecule has 11 nitrogen and oxygen atoms in total. The van der Waals surface area contributed by atoms with E-state index in [4.69, 9.17) is 4.74 Å². The molecule has 11 heteroatoms. The lowest BCUT2D eigenvalue weighted by Crippen LogP contribution is -2.24. The number of phenolic OH excluding ortho intramolecular Hbond substituents is 4. The second kappa shape index (κ2) is 8.64. The normalized spacial score (nSPS) is 13.4. The fourth-order valence-electron chi connectivity index (χ4n) is 6.11. The summed E-state index contributed by atoms with van der Waals surface area (Å²) < 4.78 is 6.78. The highest BCUT2D eigenvalue weighted by Crippen LogP contribution is 2.54. The first-order chi connectivity index (χ1) is 20.1. The molecule has 0 radical (unpaired) electrons. The molecule has 0 amide bonds. The van der Waals surface area contributed by atoms with Crippen molar-refractivity contribution in [2.75, 3.05) is 7.11 Å². The topological polar surface area (TPSA) is 172 Å². The van der Waals surface area contributed by atoms with Crippen LogP contribution in [0.15, 0.2) is 47.7 Å². The Hall–Kier alpha value is -5.71. The van der Waals surface area contributed by atoms with Crippen LogP contribution in [0.2, 0.25) is 0 Å². The Kier molecular flexibility index (Phi) is 5.20. The Bertz CT molecular complexity index is 2130. The third-order valence-electron chi connectivity index (χ3n) is 8.12. The zero-order valence-corrected chi connectivity index (χ0v) is 22.2. The van der Waals surface area contributed by atoms with Crippen LogP contribution < -0.4 is 10.3 Å². The first kappa shape index (κ1) is 25.3. The highest BCUT2D eigenvalue weighted by Gasteiger charge is 2.42. The van der Waals surface area contributed by atoms with Gasteiger partial charge < -0.3 is 25.2 Å². The second-order valence-electron chi connectivity index (χ2n) is 10.2. The number of rotatable bonds is 2. The van der Waals surface area contributed by atoms with Gasteiger partial charge in [0.15, 0.2) is 5.78 Å². The highest BCUT2D eigenvalue weighted by molar-refractivity contribution is 6.32. The molecule has 0 unspecified atom stereocenters. The van der Waals surface area contributed by atoms with Gasteiger partial charge in [-0.3, -0.25) is 19.4 Å². The number of hydrogen-bond donors (Lipinski definition) is 4. The predicted molar refractivity (Wildman–Crippen MR) is 149 cm³/mol. The smallest absolute Gasteiger partial charge is 0.283 e. The number of carbonyl (C=O) groups is 2. The number of hydrogen-bond acceptors (Lipinski definition) is 10. The molecule has 2 aromatic heterocycles. The highest BCUT2D eigenvalue weighted by atomic mass is 16.5. The van der Waals surface area contributed by atoms with E-state index in [0.717, 1.165) is 10.7 Å². The molecule has 0 atom stereocenters. The Morgan fingerprint density at radius 2 is 1.57 bits per heavy atom. The van der Waals surface area contributed by atoms with Crippen molar-refractivity contribution in [3.8, 4) is 45.6 Å². The number of carbonyl (C=O) groups excluding carboxylic acids is 2. The summed E-state index contributed by atoms with van der Waals surface area (Å²) in [5.41, 5.74) is -0.207. The van der Waals surface area contributed by atoms with Gasteiger partial charge in [-0.05, 0) is 49.6 Å². The number of fused-ring (bicyclic) bond motifs is 6. The summed E-state index contributed by atoms with van der Waals surface area (Å²) in [7, 11) is 1.32. The SMILES string of the molecule is COc1c2c(c(O)c3c1C(=O)c1c(cc(O)c(C)c1O)C3=O)-c1c(cc3cnn(-c4ccncc4)c(=O)c3c1O)CC2. The van der Waals surface area contributed by atoms with Gasteiger partial charge in [-0.1, -0.05) is 0 Å². The fraction of sp³-hybridized carbons (Fsp3) is 0.129. The van der Waals surface area contributed by atoms with Crippen LogP contribution >= 0.6 is 0 Å². The molecule has 4 N–H and O–H groups in total. The molecule has 0 saturated heterocycles. The van der Waals surface area contributed by atoms with Gasteiger partial charge in [0.2, 0.25) is 5.78 Å². The maximum absolute atomic E-state index is 13.8. The number of ketones is 2. The molecule has 5 aromatic rings. The summed E-state index contributed by atoms with van der Waals surface area (Å²) in [5.74, 6) is -3.49. The van der Waals surface area contributed by atoms with E-state index in [9.17, 15) is 34.8 Å². The van der Waals surface area contributed by atoms with Gasteiger partial charge in [0.05, 0.1) is 41.1 Å². The maximum Gasteiger partial charge on any atom is 0.283 e. The van der Waals surface area contributed by atoms with E-state index in [1.807, 2.05) is 0 Å². The van der Waals surface area contributed by atoms with E-state index in [1.165, 1.54) is 32.6 Å². The minimum Gasteiger partial charge on any atom is -0.508 e. The average Bonchev–Trinajstić information content (AvgIpc) is 2.98. The minimum absolute atomic E-state index is 0.0148. The van der Waals surface area contributed by atoms with E-state index in [-0.39, 0.29) is 56.5 Å². The van der Waals surface area contributed by atoms with Crippen molar-refractivity contribution in [1.29, 1.82) is 0 Å². The van der Waals surface area contributed by atoms with Gasteiger partial charge in [-0.25, -0.2) is 0 Å². The molecule has 7 rings (SSSR count). The lowest BCUT2D eigenvalue weighted by atomic mass is 9.75. The van der Waals surface area contributed by atoms with Crippen molar-refractivity contribution in [3.05, 3.63) is 92.2 Å². The molecule has 0 fully saturated rings. The Balaban J connectivity index is 1.55. The molecular formula is C31H21N3O8. The lowest BCUT2D eigenvalue weighted by Gasteiger charge is -2.29. The Morgan fingerprint density at radius 1 is 0.833 bits per heavy atom. The number of phenols is 4. The molecule has 208 valence electrons. The van der Waals surface area contributed by atoms with Crippen LogP contribution in [0.25, 0.3) is 27.6 Å². The Morgan fingerprint density at radius 3 is 2.29 bits per heavy atom. The van der Waals surface area contributed by atoms with Crippen LogP contribution in [0.4, 0.5) is 0 Å². The van der Waals surface area contributed by atoms with Crippen LogP contribution in [0, 0.1) is 6.92 Å². The monoisotopic (exact) mass is 563 g/mol. The van der Waals surface area contributed by atoms with Gasteiger partial charge in [0.1, 0.15) is 28.7 Å². The van der Waals surface area contributed by atoms with E-state index in [0.29, 0.717) is 28.6 Å². The zero-order chi connectivity index (χ0) is 29.6. The minimum atomic E-state index is -0.819. The number of methoxy groups -OCH3 is 1. The van der Waals surface area contributed by atoms with Gasteiger partial charge in [0, 0.05) is 45.6 Å². The molecule has 2 heterocycles. The first-order valence-corrected chi connectivity index (χ1v) is 12.9. The number of aromatic nitrogens is 3. The summed E-state index contributed by atoms with van der Waals surface area (Å²) in [6, 6.07) is 5.95. The molecule has 0 aliphatic heterocycles. The van der Waals surface area contributed by atoms with Crippen molar-refractivity contribution in [3.63, 3.8) is 0 Å². The number of aryl methyl sites for hydroxylation is 1. The molecule has 42 heavy (non-hydrogen) atoms. The van der Waals surface area contributed by atoms with Gasteiger partial charge in [-0.15, -0.1) is 0 Å². The maximum atomic E-state index is 13.8. The molecule has 0 spiro atoms. The van der Waals surface area contributed by atoms with Crippen LogP contribution in [-0.2, 0) is 12.8 Å². The summed E-state index contributed by atoms with van der Waals surface area (Å²) in [6.45, 7) is 1.40. The largest absolute Gasteiger partial charge is 0.508 e. The van der Waals surface area contributed by atoms with Crippen molar-refractivity contribution in [2.45, 2.75) is 19.8 Å². The zero-order valence-electron chi connectivity index (χ0n) is 22.2. The van der Waals surface area contributed by atoms with Crippen molar-refractivity contribution in [1.82, 2.24) is 14.8 Å². The fourth-order valence-corrected chi connectivity index (χ4v) is 6.11. The van der Waals surface area contributed by atoms with Crippen molar-refractivity contribution >= 4 is 22.3 Å². The number of ether oxygens (including phenoxy) is 1. The predicted octanol–water partition coefficient (Wildman–Crippen LogP) is 3.46. The average molecular weight is 564 g/mol. The third kappa shape index (κ3) is 3.12. The van der Waals surface area contributed by atoms with Crippen molar-refractivity contribution < 1.29 is 34.8 Å². The number of pyridine rings is 1. The summed E-state index contributed by atoms with van der Waals surface area (Å²) in [5, 5.41) is 48.9. The van der Waals surface area contributed by atoms with Crippen LogP contribution in [0.5, 0.6) is 28.7 Å². The quantitative estimate of drug-likeness (QED) is 0.244. The number of benzene rings is 3. The number of aromatic hydroxyl groups is 4. The standard InChI is InChI=1S/C31H21N3O8/c1-12-18(35)10-17-22(25(12)36)29(40)24-23(26(17)37)28(39)21-16(30(24)42-2)4-3-13-9-14-11-33-34(15-5-7-32-8-6-15)31(41)20(14)27(38)19(13)21/h5-11,35-36,38-39H,3-4H2,1-2H3. The molecule has 0 saturated carbocycles. The summed E-state index contributed by atoms with van der Waals surface area (Å²) in [4.78, 5) is 45.1. The summed E-state index contributed by atoms with van der Waals surface area (Å²) >= 11 is 0. The second-order valence-corrected chi connectivity index (χ2v) is 10.2. The molecular weight excluding hydrogens is 542 g/mol. The van der Waals surface area contributed by atoms with Crippen LogP contribution in [0.1, 0.15) is 48.5 Å².